The molecule has 0 fully saturated rings. The van der Waals surface area contributed by atoms with E-state index in [0.29, 0.717) is 4.90 Å². The maximum Gasteiger partial charge on any atom is 0.264 e. The summed E-state index contributed by atoms with van der Waals surface area (Å²) in [6.45, 7) is 0. The fourth-order valence-corrected chi connectivity index (χ4v) is 3.04. The molecule has 0 spiro atoms. The third-order valence-electron chi connectivity index (χ3n) is 1.39. The largest absolute Gasteiger partial charge is 0.264 e. The average molecular weight is 268 g/mol. The lowest BCUT2D eigenvalue weighted by Gasteiger charge is -2.03. The predicted molar refractivity (Wildman–Crippen MR) is 56.5 cm³/mol. The molecule has 0 N–H and O–H groups in total. The van der Waals surface area contributed by atoms with Crippen LogP contribution in [0.25, 0.3) is 0 Å². The van der Waals surface area contributed by atoms with Crippen LogP contribution in [-0.2, 0) is 9.05 Å². The number of hydrogen-bond acceptors (Lipinski definition) is 4. The summed E-state index contributed by atoms with van der Waals surface area (Å²) in [7, 11) is 1.10. The van der Waals surface area contributed by atoms with Gasteiger partial charge in [-0.3, -0.25) is 0 Å². The van der Waals surface area contributed by atoms with E-state index in [2.05, 4.69) is 12.6 Å². The number of nitriles is 1. The Hall–Kier alpha value is -0.410. The molecule has 14 heavy (non-hydrogen) atoms. The smallest absolute Gasteiger partial charge is 0.207 e. The number of nitrogens with zero attached hydrogens (tertiary/aromatic N) is 1. The monoisotopic (exact) mass is 267 g/mol. The minimum Gasteiger partial charge on any atom is -0.207 e. The molecule has 0 aromatic heterocycles. The molecule has 0 heterocycles. The van der Waals surface area contributed by atoms with Gasteiger partial charge >= 0.3 is 0 Å². The summed E-state index contributed by atoms with van der Waals surface area (Å²) in [5, 5.41) is 8.56. The van der Waals surface area contributed by atoms with Crippen molar-refractivity contribution in [2.45, 2.75) is 9.79 Å². The molecule has 3 nitrogen and oxygen atoms in total. The zero-order valence-corrected chi connectivity index (χ0v) is 9.75. The highest BCUT2D eigenvalue weighted by Gasteiger charge is 2.20. The Balaban J connectivity index is 3.68. The fraction of sp³-hybridized carbons (Fsp3) is 0. The van der Waals surface area contributed by atoms with Crippen LogP contribution in [0.2, 0.25) is 5.02 Å². The van der Waals surface area contributed by atoms with E-state index >= 15 is 0 Å². The molecule has 0 radical (unpaired) electrons. The predicted octanol–water partition coefficient (Wildman–Crippen LogP) is 2.43. The van der Waals surface area contributed by atoms with Gasteiger partial charge in [-0.2, -0.15) is 5.26 Å². The second-order valence-corrected chi connectivity index (χ2v) is 5.78. The molecule has 74 valence electrons. The van der Waals surface area contributed by atoms with Crippen molar-refractivity contribution < 1.29 is 8.42 Å². The van der Waals surface area contributed by atoms with E-state index in [-0.39, 0.29) is 15.5 Å². The lowest BCUT2D eigenvalue weighted by atomic mass is 10.2. The van der Waals surface area contributed by atoms with Gasteiger partial charge in [0, 0.05) is 15.6 Å². The lowest BCUT2D eigenvalue weighted by Crippen LogP contribution is -1.96. The van der Waals surface area contributed by atoms with Crippen molar-refractivity contribution in [3.8, 4) is 6.07 Å². The summed E-state index contributed by atoms with van der Waals surface area (Å²) in [6, 6.07) is 4.28. The van der Waals surface area contributed by atoms with Gasteiger partial charge in [-0.15, -0.1) is 12.6 Å². The molecule has 0 aliphatic carbocycles. The third kappa shape index (κ3) is 2.34. The van der Waals surface area contributed by atoms with Crippen LogP contribution in [0.5, 0.6) is 0 Å². The van der Waals surface area contributed by atoms with Crippen LogP contribution in [0.1, 0.15) is 5.56 Å². The van der Waals surface area contributed by atoms with E-state index in [1.807, 2.05) is 0 Å². The molecule has 1 rings (SSSR count). The summed E-state index contributed by atoms with van der Waals surface area (Å²) in [5.74, 6) is 0. The molecular weight excluding hydrogens is 265 g/mol. The summed E-state index contributed by atoms with van der Waals surface area (Å²) >= 11 is 9.58. The average Bonchev–Trinajstić information content (AvgIpc) is 1.99. The van der Waals surface area contributed by atoms with Crippen molar-refractivity contribution in [1.29, 1.82) is 5.26 Å². The third-order valence-corrected chi connectivity index (χ3v) is 3.45. The number of hydrogen-bond donors (Lipinski definition) is 1. The highest BCUT2D eigenvalue weighted by Crippen LogP contribution is 2.30. The zero-order chi connectivity index (χ0) is 10.9. The van der Waals surface area contributed by atoms with Crippen LogP contribution in [0.4, 0.5) is 0 Å². The van der Waals surface area contributed by atoms with E-state index in [9.17, 15) is 8.42 Å². The molecule has 0 saturated carbocycles. The first-order valence-electron chi connectivity index (χ1n) is 3.23. The molecule has 0 aliphatic heterocycles. The van der Waals surface area contributed by atoms with E-state index in [1.165, 1.54) is 12.1 Å². The molecular formula is C7H3Cl2NO2S2. The molecule has 1 aromatic rings. The minimum atomic E-state index is -4.01. The van der Waals surface area contributed by atoms with Gasteiger partial charge < -0.3 is 0 Å². The normalized spacial score (nSPS) is 11.0. The van der Waals surface area contributed by atoms with Crippen molar-refractivity contribution >= 4 is 44.0 Å². The van der Waals surface area contributed by atoms with Crippen LogP contribution in [0.3, 0.4) is 0 Å². The van der Waals surface area contributed by atoms with Crippen LogP contribution >= 0.6 is 34.9 Å². The van der Waals surface area contributed by atoms with Crippen LogP contribution in [-0.4, -0.2) is 8.42 Å². The number of rotatable bonds is 1. The van der Waals surface area contributed by atoms with Crippen molar-refractivity contribution in [2.24, 2.45) is 0 Å². The Labute approximate surface area is 96.1 Å². The molecule has 0 saturated heterocycles. The molecule has 7 heteroatoms. The molecule has 0 aliphatic rings. The fourth-order valence-electron chi connectivity index (χ4n) is 0.910. The first kappa shape index (κ1) is 11.7. The molecule has 0 atom stereocenters. The van der Waals surface area contributed by atoms with Crippen LogP contribution < -0.4 is 0 Å². The van der Waals surface area contributed by atoms with E-state index in [0.717, 1.165) is 0 Å². The van der Waals surface area contributed by atoms with Gasteiger partial charge in [0.15, 0.2) is 0 Å². The quantitative estimate of drug-likeness (QED) is 0.628. The van der Waals surface area contributed by atoms with E-state index in [1.54, 1.807) is 6.07 Å². The van der Waals surface area contributed by atoms with Crippen LogP contribution in [0.15, 0.2) is 21.9 Å². The minimum absolute atomic E-state index is 0.107. The Morgan fingerprint density at radius 3 is 2.43 bits per heavy atom. The Bertz CT molecular complexity index is 519. The van der Waals surface area contributed by atoms with Gasteiger partial charge in [0.1, 0.15) is 11.0 Å². The SMILES string of the molecule is N#Cc1cc(S)cc(Cl)c1S(=O)(=O)Cl. The van der Waals surface area contributed by atoms with Crippen molar-refractivity contribution in [3.05, 3.63) is 22.7 Å². The maximum atomic E-state index is 11.0. The van der Waals surface area contributed by atoms with Crippen molar-refractivity contribution in [1.82, 2.24) is 0 Å². The van der Waals surface area contributed by atoms with Crippen LogP contribution in [0, 0.1) is 11.3 Å². The number of halogens is 2. The Morgan fingerprint density at radius 1 is 1.43 bits per heavy atom. The number of benzene rings is 1. The highest BCUT2D eigenvalue weighted by molar-refractivity contribution is 8.13. The number of thiol groups is 1. The van der Waals surface area contributed by atoms with Gasteiger partial charge in [-0.25, -0.2) is 8.42 Å². The molecule has 0 unspecified atom stereocenters. The Morgan fingerprint density at radius 2 is 2.00 bits per heavy atom. The standard InChI is InChI=1S/C7H3Cl2NO2S2/c8-6-2-5(13)1-4(3-10)7(6)14(9,11)12/h1-2,13H. The topological polar surface area (TPSA) is 57.9 Å². The first-order valence-corrected chi connectivity index (χ1v) is 6.37. The van der Waals surface area contributed by atoms with E-state index in [4.69, 9.17) is 27.5 Å². The van der Waals surface area contributed by atoms with E-state index < -0.39 is 9.05 Å². The van der Waals surface area contributed by atoms with Crippen molar-refractivity contribution in [2.75, 3.05) is 0 Å². The van der Waals surface area contributed by atoms with Gasteiger partial charge in [-0.05, 0) is 12.1 Å². The van der Waals surface area contributed by atoms with Crippen molar-refractivity contribution in [3.63, 3.8) is 0 Å². The maximum absolute atomic E-state index is 11.0. The summed E-state index contributed by atoms with van der Waals surface area (Å²) < 4.78 is 22.1. The van der Waals surface area contributed by atoms with Gasteiger partial charge in [0.2, 0.25) is 0 Å². The summed E-state index contributed by atoms with van der Waals surface area (Å²) in [4.78, 5) is 0.0248. The first-order chi connectivity index (χ1) is 6.36. The van der Waals surface area contributed by atoms with Gasteiger partial charge in [0.25, 0.3) is 9.05 Å². The second-order valence-electron chi connectivity index (χ2n) is 2.35. The summed E-state index contributed by atoms with van der Waals surface area (Å²) in [5.41, 5.74) is -0.113. The Kier molecular flexibility index (Phi) is 3.32. The zero-order valence-electron chi connectivity index (χ0n) is 6.53. The molecule has 1 aromatic carbocycles. The summed E-state index contributed by atoms with van der Waals surface area (Å²) in [6.07, 6.45) is 0. The highest BCUT2D eigenvalue weighted by atomic mass is 35.7. The second kappa shape index (κ2) is 3.99. The molecule has 0 amide bonds. The van der Waals surface area contributed by atoms with Gasteiger partial charge in [0.05, 0.1) is 10.6 Å². The van der Waals surface area contributed by atoms with Gasteiger partial charge in [-0.1, -0.05) is 11.6 Å². The lowest BCUT2D eigenvalue weighted by molar-refractivity contribution is 0.609. The molecule has 0 bridgehead atoms.